The number of amides is 1. The average Bonchev–Trinajstić information content (AvgIpc) is 2.81. The van der Waals surface area contributed by atoms with Gasteiger partial charge in [-0.1, -0.05) is 0 Å². The molecule has 112 valence electrons. The maximum Gasteiger partial charge on any atom is 0.292 e. The summed E-state index contributed by atoms with van der Waals surface area (Å²) in [6.45, 7) is -0.991. The number of nitrogens with one attached hydrogen (secondary N) is 1. The minimum absolute atomic E-state index is 0.183. The highest BCUT2D eigenvalue weighted by Gasteiger charge is 2.15. The second-order valence-corrected chi connectivity index (χ2v) is 4.19. The lowest BCUT2D eigenvalue weighted by atomic mass is 10.3. The summed E-state index contributed by atoms with van der Waals surface area (Å²) in [5.41, 5.74) is -1.58. The lowest BCUT2D eigenvalue weighted by Gasteiger charge is -2.09. The first-order valence-corrected chi connectivity index (χ1v) is 5.85. The summed E-state index contributed by atoms with van der Waals surface area (Å²) in [6.07, 6.45) is -0.984. The summed E-state index contributed by atoms with van der Waals surface area (Å²) < 4.78 is 43.0. The average molecular weight is 322 g/mol. The molecule has 2 rings (SSSR count). The Bertz CT molecular complexity index is 729. The van der Waals surface area contributed by atoms with Crippen molar-refractivity contribution in [2.45, 2.75) is 13.0 Å². The van der Waals surface area contributed by atoms with Crippen molar-refractivity contribution >= 4 is 23.2 Å². The van der Waals surface area contributed by atoms with E-state index in [4.69, 9.17) is 11.6 Å². The number of aromatic nitrogens is 2. The molecule has 0 spiro atoms. The second-order valence-electron chi connectivity index (χ2n) is 3.87. The van der Waals surface area contributed by atoms with Crippen LogP contribution in [0.2, 0.25) is 5.35 Å². The summed E-state index contributed by atoms with van der Waals surface area (Å²) in [4.78, 5) is 26.5. The Morgan fingerprint density at radius 1 is 1.52 bits per heavy atom. The summed E-state index contributed by atoms with van der Waals surface area (Å²) in [6, 6.07) is 0.712. The van der Waals surface area contributed by atoms with Crippen molar-refractivity contribution in [2.75, 3.05) is 5.32 Å². The first kappa shape index (κ1) is 15.1. The molecule has 0 bridgehead atoms. The van der Waals surface area contributed by atoms with E-state index in [1.165, 1.54) is 0 Å². The third-order valence-corrected chi connectivity index (χ3v) is 2.52. The number of halogens is 4. The highest BCUT2D eigenvalue weighted by molar-refractivity contribution is 6.28. The largest absolute Gasteiger partial charge is 0.435 e. The van der Waals surface area contributed by atoms with Crippen LogP contribution in [0.15, 0.2) is 27.7 Å². The third kappa shape index (κ3) is 3.63. The van der Waals surface area contributed by atoms with Crippen LogP contribution in [0.3, 0.4) is 0 Å². The van der Waals surface area contributed by atoms with Gasteiger partial charge in [0.25, 0.3) is 23.2 Å². The molecule has 21 heavy (non-hydrogen) atoms. The fourth-order valence-corrected chi connectivity index (χ4v) is 1.64. The van der Waals surface area contributed by atoms with Crippen molar-refractivity contribution in [2.24, 2.45) is 0 Å². The van der Waals surface area contributed by atoms with Gasteiger partial charge in [-0.3, -0.25) is 9.59 Å². The molecule has 1 N–H and O–H groups in total. The zero-order valence-electron chi connectivity index (χ0n) is 10.1. The molecule has 2 aromatic rings. The fourth-order valence-electron chi connectivity index (χ4n) is 1.50. The summed E-state index contributed by atoms with van der Waals surface area (Å²) in [5.74, 6) is -2.07. The molecule has 0 radical (unpaired) electrons. The predicted octanol–water partition coefficient (Wildman–Crippen LogP) is 2.15. The van der Waals surface area contributed by atoms with E-state index in [1.54, 1.807) is 0 Å². The zero-order valence-corrected chi connectivity index (χ0v) is 10.9. The Hall–Kier alpha value is -2.29. The molecule has 1 amide bonds. The highest BCUT2D eigenvalue weighted by atomic mass is 35.5. The minimum Gasteiger partial charge on any atom is -0.435 e. The van der Waals surface area contributed by atoms with Crippen LogP contribution in [0, 0.1) is 5.82 Å². The number of hydrogen-bond acceptors (Lipinski definition) is 4. The topological polar surface area (TPSA) is 77.1 Å². The second kappa shape index (κ2) is 6.00. The first-order chi connectivity index (χ1) is 9.86. The number of nitrogens with zero attached hydrogens (tertiary/aromatic N) is 2. The van der Waals surface area contributed by atoms with Gasteiger partial charge in [-0.2, -0.15) is 4.98 Å². The normalized spacial score (nSPS) is 10.9. The SMILES string of the molecule is O=C(Nc1cc(F)c(=O)n(CC(F)F)c1)c1coc(Cl)n1. The molecule has 0 aliphatic heterocycles. The van der Waals surface area contributed by atoms with E-state index in [-0.39, 0.29) is 16.7 Å². The monoisotopic (exact) mass is 321 g/mol. The molecule has 0 aromatic carbocycles. The van der Waals surface area contributed by atoms with Crippen molar-refractivity contribution in [3.8, 4) is 0 Å². The van der Waals surface area contributed by atoms with Gasteiger partial charge < -0.3 is 14.3 Å². The third-order valence-electron chi connectivity index (χ3n) is 2.34. The van der Waals surface area contributed by atoms with E-state index in [9.17, 15) is 22.8 Å². The van der Waals surface area contributed by atoms with Gasteiger partial charge >= 0.3 is 0 Å². The van der Waals surface area contributed by atoms with Crippen molar-refractivity contribution in [1.29, 1.82) is 0 Å². The lowest BCUT2D eigenvalue weighted by molar-refractivity contribution is 0.102. The minimum atomic E-state index is -2.85. The van der Waals surface area contributed by atoms with Gasteiger partial charge in [0.15, 0.2) is 11.5 Å². The molecular weight excluding hydrogens is 315 g/mol. The van der Waals surface area contributed by atoms with E-state index in [2.05, 4.69) is 14.7 Å². The smallest absolute Gasteiger partial charge is 0.292 e. The van der Waals surface area contributed by atoms with Crippen molar-refractivity contribution < 1.29 is 22.4 Å². The number of anilines is 1. The Morgan fingerprint density at radius 2 is 2.24 bits per heavy atom. The Labute approximate surface area is 120 Å². The molecule has 0 saturated carbocycles. The van der Waals surface area contributed by atoms with Gasteiger partial charge in [0.1, 0.15) is 6.26 Å². The van der Waals surface area contributed by atoms with E-state index < -0.39 is 30.3 Å². The quantitative estimate of drug-likeness (QED) is 0.936. The van der Waals surface area contributed by atoms with Crippen LogP contribution in [0.25, 0.3) is 0 Å². The van der Waals surface area contributed by atoms with Crippen LogP contribution >= 0.6 is 11.6 Å². The Morgan fingerprint density at radius 3 is 2.81 bits per heavy atom. The van der Waals surface area contributed by atoms with Gasteiger partial charge in [0.2, 0.25) is 0 Å². The molecule has 0 atom stereocenters. The predicted molar refractivity (Wildman–Crippen MR) is 66.1 cm³/mol. The molecule has 0 saturated heterocycles. The number of rotatable bonds is 4. The van der Waals surface area contributed by atoms with Gasteiger partial charge in [0, 0.05) is 12.3 Å². The number of alkyl halides is 2. The Kier molecular flexibility index (Phi) is 4.32. The number of carbonyl (C=O) groups is 1. The van der Waals surface area contributed by atoms with E-state index in [1.807, 2.05) is 0 Å². The molecule has 0 unspecified atom stereocenters. The van der Waals surface area contributed by atoms with Gasteiger partial charge in [-0.25, -0.2) is 13.2 Å². The molecule has 0 aliphatic carbocycles. The lowest BCUT2D eigenvalue weighted by Crippen LogP contribution is -2.26. The van der Waals surface area contributed by atoms with Crippen LogP contribution in [0.4, 0.5) is 18.9 Å². The highest BCUT2D eigenvalue weighted by Crippen LogP contribution is 2.12. The van der Waals surface area contributed by atoms with Crippen LogP contribution < -0.4 is 10.9 Å². The number of hydrogen-bond donors (Lipinski definition) is 1. The number of oxazole rings is 1. The molecule has 2 heterocycles. The summed E-state index contributed by atoms with van der Waals surface area (Å²) >= 11 is 5.39. The number of pyridine rings is 1. The molecular formula is C11H7ClF3N3O3. The Balaban J connectivity index is 2.26. The van der Waals surface area contributed by atoms with Gasteiger partial charge in [-0.05, 0) is 11.6 Å². The van der Waals surface area contributed by atoms with Crippen LogP contribution in [-0.4, -0.2) is 21.9 Å². The zero-order chi connectivity index (χ0) is 15.6. The maximum atomic E-state index is 13.4. The molecule has 0 fully saturated rings. The fraction of sp³-hybridized carbons (Fsp3) is 0.182. The molecule has 6 nitrogen and oxygen atoms in total. The van der Waals surface area contributed by atoms with Crippen molar-refractivity contribution in [1.82, 2.24) is 9.55 Å². The summed E-state index contributed by atoms with van der Waals surface area (Å²) in [5, 5.41) is 1.92. The maximum absolute atomic E-state index is 13.4. The first-order valence-electron chi connectivity index (χ1n) is 5.47. The van der Waals surface area contributed by atoms with Crippen LogP contribution in [0.5, 0.6) is 0 Å². The number of carbonyl (C=O) groups excluding carboxylic acids is 1. The summed E-state index contributed by atoms with van der Waals surface area (Å²) in [7, 11) is 0. The van der Waals surface area contributed by atoms with Crippen LogP contribution in [-0.2, 0) is 6.54 Å². The van der Waals surface area contributed by atoms with E-state index in [0.717, 1.165) is 12.5 Å². The van der Waals surface area contributed by atoms with Gasteiger partial charge in [-0.15, -0.1) is 0 Å². The van der Waals surface area contributed by atoms with E-state index >= 15 is 0 Å². The van der Waals surface area contributed by atoms with Crippen LogP contribution in [0.1, 0.15) is 10.5 Å². The van der Waals surface area contributed by atoms with E-state index in [0.29, 0.717) is 10.6 Å². The standard InChI is InChI=1S/C11H7ClF3N3O3/c12-11-17-7(4-21-11)9(19)16-5-1-6(13)10(20)18(2-5)3-8(14)15/h1-2,4,8H,3H2,(H,16,19). The molecule has 0 aliphatic rings. The molecule has 2 aromatic heterocycles. The van der Waals surface area contributed by atoms with Gasteiger partial charge in [0.05, 0.1) is 12.2 Å². The molecule has 10 heteroatoms. The van der Waals surface area contributed by atoms with Crippen molar-refractivity contribution in [3.05, 3.63) is 45.7 Å². The van der Waals surface area contributed by atoms with Crippen molar-refractivity contribution in [3.63, 3.8) is 0 Å².